The summed E-state index contributed by atoms with van der Waals surface area (Å²) in [5.41, 5.74) is -0.367. The van der Waals surface area contributed by atoms with Crippen molar-refractivity contribution in [1.82, 2.24) is 4.90 Å². The normalized spacial score (nSPS) is 21.7. The van der Waals surface area contributed by atoms with E-state index in [1.165, 1.54) is 4.90 Å². The van der Waals surface area contributed by atoms with E-state index in [-0.39, 0.29) is 29.3 Å². The topological polar surface area (TPSA) is 3.24 Å². The summed E-state index contributed by atoms with van der Waals surface area (Å²) in [5.74, 6) is -1.44. The van der Waals surface area contributed by atoms with Gasteiger partial charge in [-0.3, -0.25) is 0 Å². The van der Waals surface area contributed by atoms with Gasteiger partial charge in [0.2, 0.25) is 0 Å². The van der Waals surface area contributed by atoms with E-state index in [0.29, 0.717) is 19.3 Å². The first-order valence-corrected chi connectivity index (χ1v) is 7.88. The van der Waals surface area contributed by atoms with Gasteiger partial charge in [-0.15, -0.1) is 0 Å². The van der Waals surface area contributed by atoms with E-state index in [4.69, 9.17) is 0 Å². The standard InChI is InChI=1S/C17H18F5N/c1-2-3-4-14-15(19)13-9-10(18)5-8-12(13)16(17(20,21)22)23(14)11-6-7-11/h5,8-9,11,16H,2-4,6-7H2,1H3. The molecule has 1 fully saturated rings. The highest BCUT2D eigenvalue weighted by molar-refractivity contribution is 5.68. The number of fused-ring (bicyclic) bond motifs is 1. The van der Waals surface area contributed by atoms with Crippen LogP contribution in [0.15, 0.2) is 23.9 Å². The maximum Gasteiger partial charge on any atom is 0.413 e. The van der Waals surface area contributed by atoms with E-state index >= 15 is 0 Å². The van der Waals surface area contributed by atoms with Gasteiger partial charge in [-0.2, -0.15) is 13.2 Å². The number of halogens is 5. The molecule has 0 amide bonds. The van der Waals surface area contributed by atoms with Gasteiger partial charge in [-0.05, 0) is 43.4 Å². The quantitative estimate of drug-likeness (QED) is 0.636. The van der Waals surface area contributed by atoms with E-state index in [2.05, 4.69) is 0 Å². The molecule has 1 aliphatic heterocycles. The SMILES string of the molecule is CCCCC1=C(F)c2cc(F)ccc2C(C(F)(F)F)N1C1CC1. The lowest BCUT2D eigenvalue weighted by molar-refractivity contribution is -0.184. The molecule has 0 saturated heterocycles. The first-order chi connectivity index (χ1) is 10.8. The molecule has 1 saturated carbocycles. The second-order valence-electron chi connectivity index (χ2n) is 6.18. The van der Waals surface area contributed by atoms with Crippen LogP contribution in [0.1, 0.15) is 56.2 Å². The van der Waals surface area contributed by atoms with Gasteiger partial charge in [-0.1, -0.05) is 19.4 Å². The number of nitrogens with zero attached hydrogens (tertiary/aromatic N) is 1. The molecule has 1 aromatic rings. The first-order valence-electron chi connectivity index (χ1n) is 7.88. The molecular formula is C17H18F5N. The van der Waals surface area contributed by atoms with E-state index in [1.54, 1.807) is 0 Å². The molecule has 1 aliphatic carbocycles. The highest BCUT2D eigenvalue weighted by Gasteiger charge is 2.53. The minimum Gasteiger partial charge on any atom is -0.354 e. The fraction of sp³-hybridized carbons (Fsp3) is 0.529. The van der Waals surface area contributed by atoms with Crippen LogP contribution in [-0.4, -0.2) is 17.1 Å². The van der Waals surface area contributed by atoms with E-state index in [0.717, 1.165) is 24.6 Å². The van der Waals surface area contributed by atoms with Crippen LogP contribution in [0.4, 0.5) is 22.0 Å². The molecule has 6 heteroatoms. The van der Waals surface area contributed by atoms with Crippen LogP contribution in [0.5, 0.6) is 0 Å². The molecule has 126 valence electrons. The monoisotopic (exact) mass is 331 g/mol. The maximum atomic E-state index is 14.8. The van der Waals surface area contributed by atoms with Gasteiger partial charge in [0.15, 0.2) is 6.04 Å². The summed E-state index contributed by atoms with van der Waals surface area (Å²) in [6, 6.07) is 0.732. The van der Waals surface area contributed by atoms with Crippen LogP contribution in [0.3, 0.4) is 0 Å². The number of allylic oxidation sites excluding steroid dienone is 1. The molecule has 1 unspecified atom stereocenters. The Balaban J connectivity index is 2.17. The summed E-state index contributed by atoms with van der Waals surface area (Å²) in [6.07, 6.45) is -1.68. The zero-order valence-corrected chi connectivity index (χ0v) is 12.8. The molecule has 0 bridgehead atoms. The van der Waals surface area contributed by atoms with Gasteiger partial charge in [-0.25, -0.2) is 8.78 Å². The molecular weight excluding hydrogens is 313 g/mol. The van der Waals surface area contributed by atoms with Gasteiger partial charge in [0, 0.05) is 11.6 Å². The average Bonchev–Trinajstić information content (AvgIpc) is 3.29. The van der Waals surface area contributed by atoms with Crippen LogP contribution in [-0.2, 0) is 0 Å². The fourth-order valence-corrected chi connectivity index (χ4v) is 3.23. The Hall–Kier alpha value is -1.59. The van der Waals surface area contributed by atoms with Crippen molar-refractivity contribution in [2.45, 2.75) is 57.3 Å². The highest BCUT2D eigenvalue weighted by atomic mass is 19.4. The van der Waals surface area contributed by atoms with Crippen molar-refractivity contribution in [3.63, 3.8) is 0 Å². The van der Waals surface area contributed by atoms with Crippen LogP contribution in [0.2, 0.25) is 0 Å². The molecule has 0 radical (unpaired) electrons. The average molecular weight is 331 g/mol. The van der Waals surface area contributed by atoms with Gasteiger partial charge in [0.25, 0.3) is 0 Å². The van der Waals surface area contributed by atoms with E-state index in [1.807, 2.05) is 6.92 Å². The number of alkyl halides is 3. The zero-order valence-electron chi connectivity index (χ0n) is 12.8. The minimum absolute atomic E-state index is 0.0785. The van der Waals surface area contributed by atoms with Gasteiger partial charge >= 0.3 is 6.18 Å². The summed E-state index contributed by atoms with van der Waals surface area (Å²) in [7, 11) is 0. The summed E-state index contributed by atoms with van der Waals surface area (Å²) in [6.45, 7) is 1.90. The number of rotatable bonds is 4. The van der Waals surface area contributed by atoms with Crippen molar-refractivity contribution in [3.8, 4) is 0 Å². The first kappa shape index (κ1) is 16.3. The summed E-state index contributed by atoms with van der Waals surface area (Å²) < 4.78 is 69.4. The van der Waals surface area contributed by atoms with E-state index in [9.17, 15) is 22.0 Å². The molecule has 1 aromatic carbocycles. The molecule has 0 aromatic heterocycles. The third-order valence-corrected chi connectivity index (χ3v) is 4.41. The maximum absolute atomic E-state index is 14.8. The van der Waals surface area contributed by atoms with Gasteiger partial charge < -0.3 is 4.90 Å². The second kappa shape index (κ2) is 5.80. The van der Waals surface area contributed by atoms with Crippen LogP contribution < -0.4 is 0 Å². The molecule has 0 N–H and O–H groups in total. The van der Waals surface area contributed by atoms with Crippen molar-refractivity contribution >= 4 is 5.83 Å². The number of hydrogen-bond donors (Lipinski definition) is 0. The minimum atomic E-state index is -4.53. The van der Waals surface area contributed by atoms with Crippen LogP contribution >= 0.6 is 0 Å². The van der Waals surface area contributed by atoms with Gasteiger partial charge in [0.05, 0.1) is 5.70 Å². The van der Waals surface area contributed by atoms with Crippen molar-refractivity contribution in [1.29, 1.82) is 0 Å². The van der Waals surface area contributed by atoms with Crippen molar-refractivity contribution in [2.24, 2.45) is 0 Å². The smallest absolute Gasteiger partial charge is 0.354 e. The Bertz CT molecular complexity index is 630. The van der Waals surface area contributed by atoms with Crippen molar-refractivity contribution in [3.05, 3.63) is 40.8 Å². The molecule has 0 spiro atoms. The molecule has 3 rings (SSSR count). The molecule has 23 heavy (non-hydrogen) atoms. The molecule has 1 nitrogen and oxygen atoms in total. The summed E-state index contributed by atoms with van der Waals surface area (Å²) in [5, 5.41) is 0. The Morgan fingerprint density at radius 1 is 1.17 bits per heavy atom. The molecule has 1 heterocycles. The Kier molecular flexibility index (Phi) is 4.10. The van der Waals surface area contributed by atoms with Crippen molar-refractivity contribution in [2.75, 3.05) is 0 Å². The van der Waals surface area contributed by atoms with E-state index < -0.39 is 23.9 Å². The lowest BCUT2D eigenvalue weighted by Gasteiger charge is -2.41. The van der Waals surface area contributed by atoms with Crippen LogP contribution in [0.25, 0.3) is 5.83 Å². The zero-order chi connectivity index (χ0) is 16.8. The fourth-order valence-electron chi connectivity index (χ4n) is 3.23. The third kappa shape index (κ3) is 2.95. The van der Waals surface area contributed by atoms with Gasteiger partial charge in [0.1, 0.15) is 11.6 Å². The summed E-state index contributed by atoms with van der Waals surface area (Å²) in [4.78, 5) is 1.20. The number of hydrogen-bond acceptors (Lipinski definition) is 1. The largest absolute Gasteiger partial charge is 0.413 e. The second-order valence-corrected chi connectivity index (χ2v) is 6.18. The van der Waals surface area contributed by atoms with Crippen LogP contribution in [0, 0.1) is 5.82 Å². The Labute approximate surface area is 131 Å². The molecule has 2 aliphatic rings. The lowest BCUT2D eigenvalue weighted by Crippen LogP contribution is -2.42. The number of unbranched alkanes of at least 4 members (excludes halogenated alkanes) is 1. The number of benzene rings is 1. The Morgan fingerprint density at radius 3 is 2.43 bits per heavy atom. The van der Waals surface area contributed by atoms with Crippen molar-refractivity contribution < 1.29 is 22.0 Å². The highest BCUT2D eigenvalue weighted by Crippen LogP contribution is 2.52. The lowest BCUT2D eigenvalue weighted by atomic mass is 9.90. The predicted octanol–water partition coefficient (Wildman–Crippen LogP) is 5.74. The molecule has 1 atom stereocenters. The Morgan fingerprint density at radius 2 is 1.87 bits per heavy atom. The predicted molar refractivity (Wildman–Crippen MR) is 77.6 cm³/mol. The third-order valence-electron chi connectivity index (χ3n) is 4.41. The summed E-state index contributed by atoms with van der Waals surface area (Å²) >= 11 is 0.